The standard InChI is InChI=1S/C21H21ClN6O3S/c22-15-5-3-13(4-6-15)20-26-27-21(31-20)32-12-18(29)25-16-7-8-17(24-10-16)28-9-1-2-14(11-28)19(23)30/h3-8,10,14H,1-2,9,11-12H2,(H2,23,30)(H,25,29). The first-order chi connectivity index (χ1) is 15.5. The van der Waals surface area contributed by atoms with Gasteiger partial charge in [-0.3, -0.25) is 9.59 Å². The molecule has 1 saturated heterocycles. The van der Waals surface area contributed by atoms with Crippen molar-refractivity contribution in [2.75, 3.05) is 29.1 Å². The van der Waals surface area contributed by atoms with Crippen LogP contribution in [0.4, 0.5) is 11.5 Å². The lowest BCUT2D eigenvalue weighted by Gasteiger charge is -2.32. The molecule has 0 aliphatic carbocycles. The minimum atomic E-state index is -0.280. The summed E-state index contributed by atoms with van der Waals surface area (Å²) in [5.74, 6) is 0.563. The van der Waals surface area contributed by atoms with Gasteiger partial charge in [-0.2, -0.15) is 0 Å². The molecule has 1 unspecified atom stereocenters. The second-order valence-electron chi connectivity index (χ2n) is 7.31. The van der Waals surface area contributed by atoms with Gasteiger partial charge >= 0.3 is 0 Å². The van der Waals surface area contributed by atoms with Gasteiger partial charge in [0, 0.05) is 23.7 Å². The Balaban J connectivity index is 1.28. The van der Waals surface area contributed by atoms with Crippen molar-refractivity contribution in [3.63, 3.8) is 0 Å². The smallest absolute Gasteiger partial charge is 0.277 e. The van der Waals surface area contributed by atoms with Gasteiger partial charge in [0.25, 0.3) is 5.22 Å². The van der Waals surface area contributed by atoms with Gasteiger partial charge in [0.05, 0.1) is 23.6 Å². The molecule has 32 heavy (non-hydrogen) atoms. The fraction of sp³-hybridized carbons (Fsp3) is 0.286. The van der Waals surface area contributed by atoms with Crippen LogP contribution in [0.5, 0.6) is 0 Å². The van der Waals surface area contributed by atoms with Crippen LogP contribution in [0.3, 0.4) is 0 Å². The van der Waals surface area contributed by atoms with Crippen LogP contribution in [-0.2, 0) is 9.59 Å². The van der Waals surface area contributed by atoms with Gasteiger partial charge in [0.1, 0.15) is 5.82 Å². The Bertz CT molecular complexity index is 1090. The number of rotatable bonds is 7. The van der Waals surface area contributed by atoms with Crippen molar-refractivity contribution in [1.29, 1.82) is 0 Å². The number of carbonyl (C=O) groups excluding carboxylic acids is 2. The summed E-state index contributed by atoms with van der Waals surface area (Å²) in [7, 11) is 0. The van der Waals surface area contributed by atoms with Crippen molar-refractivity contribution < 1.29 is 14.0 Å². The summed E-state index contributed by atoms with van der Waals surface area (Å²) in [6.45, 7) is 1.38. The molecule has 0 bridgehead atoms. The van der Waals surface area contributed by atoms with Crippen molar-refractivity contribution in [3.8, 4) is 11.5 Å². The number of nitrogens with zero attached hydrogens (tertiary/aromatic N) is 4. The topological polar surface area (TPSA) is 127 Å². The first-order valence-corrected chi connectivity index (χ1v) is 11.4. The average Bonchev–Trinajstić information content (AvgIpc) is 3.28. The second kappa shape index (κ2) is 10.0. The number of hydrogen-bond donors (Lipinski definition) is 2. The second-order valence-corrected chi connectivity index (χ2v) is 8.67. The molecule has 1 aliphatic heterocycles. The number of halogens is 1. The first-order valence-electron chi connectivity index (χ1n) is 10.0. The van der Waals surface area contributed by atoms with Gasteiger partial charge in [-0.25, -0.2) is 4.98 Å². The molecule has 1 atom stereocenters. The van der Waals surface area contributed by atoms with E-state index in [4.69, 9.17) is 21.8 Å². The number of aromatic nitrogens is 3. The molecular formula is C21H21ClN6O3S. The first kappa shape index (κ1) is 22.1. The molecule has 3 aromatic rings. The van der Waals surface area contributed by atoms with Gasteiger partial charge in [-0.15, -0.1) is 10.2 Å². The van der Waals surface area contributed by atoms with Crippen molar-refractivity contribution >= 4 is 46.7 Å². The van der Waals surface area contributed by atoms with E-state index in [1.54, 1.807) is 36.5 Å². The van der Waals surface area contributed by atoms with E-state index in [1.165, 1.54) is 0 Å². The number of thioether (sulfide) groups is 1. The molecule has 4 rings (SSSR count). The molecule has 1 fully saturated rings. The highest BCUT2D eigenvalue weighted by Crippen LogP contribution is 2.25. The van der Waals surface area contributed by atoms with E-state index >= 15 is 0 Å². The van der Waals surface area contributed by atoms with Crippen LogP contribution >= 0.6 is 23.4 Å². The van der Waals surface area contributed by atoms with Gasteiger partial charge < -0.3 is 20.4 Å². The lowest BCUT2D eigenvalue weighted by molar-refractivity contribution is -0.122. The monoisotopic (exact) mass is 472 g/mol. The zero-order valence-corrected chi connectivity index (χ0v) is 18.6. The molecule has 2 aromatic heterocycles. The van der Waals surface area contributed by atoms with Crippen molar-refractivity contribution in [3.05, 3.63) is 47.6 Å². The van der Waals surface area contributed by atoms with Crippen molar-refractivity contribution in [2.24, 2.45) is 11.7 Å². The molecule has 3 heterocycles. The molecular weight excluding hydrogens is 452 g/mol. The number of piperidine rings is 1. The number of anilines is 2. The van der Waals surface area contributed by atoms with E-state index in [9.17, 15) is 9.59 Å². The zero-order chi connectivity index (χ0) is 22.5. The Morgan fingerprint density at radius 1 is 1.22 bits per heavy atom. The molecule has 1 aliphatic rings. The highest BCUT2D eigenvalue weighted by atomic mass is 35.5. The maximum Gasteiger partial charge on any atom is 0.277 e. The SMILES string of the molecule is NC(=O)C1CCCN(c2ccc(NC(=O)CSc3nnc(-c4ccc(Cl)cc4)o3)cn2)C1. The van der Waals surface area contributed by atoms with E-state index < -0.39 is 0 Å². The third-order valence-corrected chi connectivity index (χ3v) is 6.07. The highest BCUT2D eigenvalue weighted by molar-refractivity contribution is 7.99. The number of nitrogens with two attached hydrogens (primary N) is 1. The van der Waals surface area contributed by atoms with E-state index in [-0.39, 0.29) is 23.5 Å². The Morgan fingerprint density at radius 3 is 2.75 bits per heavy atom. The molecule has 3 N–H and O–H groups in total. The highest BCUT2D eigenvalue weighted by Gasteiger charge is 2.24. The van der Waals surface area contributed by atoms with Gasteiger partial charge in [-0.05, 0) is 49.2 Å². The minimum Gasteiger partial charge on any atom is -0.411 e. The van der Waals surface area contributed by atoms with Crippen LogP contribution < -0.4 is 16.0 Å². The molecule has 2 amide bonds. The number of benzene rings is 1. The van der Waals surface area contributed by atoms with Gasteiger partial charge in [0.15, 0.2) is 0 Å². The van der Waals surface area contributed by atoms with Crippen molar-refractivity contribution in [1.82, 2.24) is 15.2 Å². The number of amides is 2. The fourth-order valence-corrected chi connectivity index (χ4v) is 4.06. The molecule has 166 valence electrons. The van der Waals surface area contributed by atoms with E-state index in [0.29, 0.717) is 28.4 Å². The van der Waals surface area contributed by atoms with Crippen molar-refractivity contribution in [2.45, 2.75) is 18.1 Å². The molecule has 1 aromatic carbocycles. The quantitative estimate of drug-likeness (QED) is 0.502. The average molecular weight is 473 g/mol. The largest absolute Gasteiger partial charge is 0.411 e. The predicted molar refractivity (Wildman–Crippen MR) is 122 cm³/mol. The zero-order valence-electron chi connectivity index (χ0n) is 17.0. The van der Waals surface area contributed by atoms with Crippen LogP contribution in [-0.4, -0.2) is 45.8 Å². The molecule has 11 heteroatoms. The van der Waals surface area contributed by atoms with E-state index in [2.05, 4.69) is 20.5 Å². The molecule has 0 spiro atoms. The summed E-state index contributed by atoms with van der Waals surface area (Å²) < 4.78 is 5.59. The maximum absolute atomic E-state index is 12.3. The summed E-state index contributed by atoms with van der Waals surface area (Å²) >= 11 is 7.03. The minimum absolute atomic E-state index is 0.108. The summed E-state index contributed by atoms with van der Waals surface area (Å²) in [5.41, 5.74) is 6.77. The predicted octanol–water partition coefficient (Wildman–Crippen LogP) is 3.22. The molecule has 0 saturated carbocycles. The van der Waals surface area contributed by atoms with Crippen LogP contribution in [0.25, 0.3) is 11.5 Å². The van der Waals surface area contributed by atoms with Gasteiger partial charge in [-0.1, -0.05) is 23.4 Å². The third-order valence-electron chi connectivity index (χ3n) is 5.00. The number of carbonyl (C=O) groups is 2. The van der Waals surface area contributed by atoms with Gasteiger partial charge in [0.2, 0.25) is 17.7 Å². The number of primary amides is 1. The summed E-state index contributed by atoms with van der Waals surface area (Å²) in [5, 5.41) is 11.7. The normalized spacial score (nSPS) is 16.0. The Kier molecular flexibility index (Phi) is 6.91. The third kappa shape index (κ3) is 5.57. The van der Waals surface area contributed by atoms with E-state index in [1.807, 2.05) is 11.0 Å². The van der Waals surface area contributed by atoms with Crippen LogP contribution in [0.15, 0.2) is 52.2 Å². The molecule has 0 radical (unpaired) electrons. The number of pyridine rings is 1. The summed E-state index contributed by atoms with van der Waals surface area (Å²) in [4.78, 5) is 30.2. The number of hydrogen-bond acceptors (Lipinski definition) is 8. The van der Waals surface area contributed by atoms with Crippen LogP contribution in [0.2, 0.25) is 5.02 Å². The Labute approximate surface area is 193 Å². The fourth-order valence-electron chi connectivity index (χ4n) is 3.37. The van der Waals surface area contributed by atoms with Crippen LogP contribution in [0.1, 0.15) is 12.8 Å². The lowest BCUT2D eigenvalue weighted by Crippen LogP contribution is -2.41. The Morgan fingerprint density at radius 2 is 2.03 bits per heavy atom. The Hall–Kier alpha value is -3.11. The van der Waals surface area contributed by atoms with Crippen LogP contribution in [0, 0.1) is 5.92 Å². The summed E-state index contributed by atoms with van der Waals surface area (Å²) in [6.07, 6.45) is 3.29. The lowest BCUT2D eigenvalue weighted by atomic mass is 9.97. The van der Waals surface area contributed by atoms with E-state index in [0.717, 1.165) is 42.5 Å². The summed E-state index contributed by atoms with van der Waals surface area (Å²) in [6, 6.07) is 10.6. The molecule has 9 nitrogen and oxygen atoms in total. The maximum atomic E-state index is 12.3. The number of nitrogens with one attached hydrogen (secondary N) is 1.